The molecule has 1 N–H and O–H groups in total. The summed E-state index contributed by atoms with van der Waals surface area (Å²) in [5.41, 5.74) is 4.40. The molecule has 2 heterocycles. The Hall–Kier alpha value is -3.41. The van der Waals surface area contributed by atoms with Crippen LogP contribution in [0, 0.1) is 0 Å². The van der Waals surface area contributed by atoms with Crippen LogP contribution >= 0.6 is 0 Å². The molecule has 6 nitrogen and oxygen atoms in total. The van der Waals surface area contributed by atoms with Crippen LogP contribution in [-0.4, -0.2) is 43.6 Å². The third kappa shape index (κ3) is 5.07. The lowest BCUT2D eigenvalue weighted by Crippen LogP contribution is -2.21. The van der Waals surface area contributed by atoms with Gasteiger partial charge in [0.15, 0.2) is 0 Å². The molecule has 3 aromatic rings. The maximum atomic E-state index is 12.6. The number of nitrogens with one attached hydrogen (secondary N) is 1. The van der Waals surface area contributed by atoms with Crippen molar-refractivity contribution in [3.8, 4) is 0 Å². The largest absolute Gasteiger partial charge is 0.378 e. The third-order valence-electron chi connectivity index (χ3n) is 4.54. The summed E-state index contributed by atoms with van der Waals surface area (Å²) in [5, 5.41) is 2.90. The molecular formula is C22H25N5O. The van der Waals surface area contributed by atoms with Crippen molar-refractivity contribution in [2.75, 3.05) is 42.8 Å². The van der Waals surface area contributed by atoms with Gasteiger partial charge in [0, 0.05) is 63.3 Å². The fourth-order valence-corrected chi connectivity index (χ4v) is 2.79. The van der Waals surface area contributed by atoms with Gasteiger partial charge in [-0.05, 0) is 60.5 Å². The molecule has 0 spiro atoms. The molecule has 0 radical (unpaired) electrons. The van der Waals surface area contributed by atoms with E-state index in [2.05, 4.69) is 20.2 Å². The lowest BCUT2D eigenvalue weighted by molar-refractivity contribution is 0.102. The summed E-state index contributed by atoms with van der Waals surface area (Å²) >= 11 is 0. The highest BCUT2D eigenvalue weighted by Gasteiger charge is 2.11. The maximum Gasteiger partial charge on any atom is 0.274 e. The van der Waals surface area contributed by atoms with E-state index in [4.69, 9.17) is 0 Å². The van der Waals surface area contributed by atoms with E-state index in [-0.39, 0.29) is 5.91 Å². The average Bonchev–Trinajstić information content (AvgIpc) is 2.73. The van der Waals surface area contributed by atoms with E-state index in [1.807, 2.05) is 74.6 Å². The van der Waals surface area contributed by atoms with Gasteiger partial charge in [-0.3, -0.25) is 14.8 Å². The molecule has 0 aliphatic rings. The number of rotatable bonds is 7. The summed E-state index contributed by atoms with van der Waals surface area (Å²) in [6.45, 7) is 0.834. The highest BCUT2D eigenvalue weighted by atomic mass is 16.1. The molecule has 28 heavy (non-hydrogen) atoms. The van der Waals surface area contributed by atoms with E-state index in [9.17, 15) is 4.79 Å². The van der Waals surface area contributed by atoms with Gasteiger partial charge in [0.25, 0.3) is 5.91 Å². The molecule has 0 saturated heterocycles. The standard InChI is InChI=1S/C22H25N5O/c1-26(2)19-6-4-18(5-7-19)25-22(28)21-16-20(10-14-24-21)27(3)15-11-17-8-12-23-13-9-17/h4-10,12-14,16H,11,15H2,1-3H3,(H,25,28). The first-order chi connectivity index (χ1) is 13.5. The fourth-order valence-electron chi connectivity index (χ4n) is 2.79. The van der Waals surface area contributed by atoms with Gasteiger partial charge in [-0.15, -0.1) is 0 Å². The minimum absolute atomic E-state index is 0.220. The number of anilines is 3. The van der Waals surface area contributed by atoms with Gasteiger partial charge in [0.2, 0.25) is 0 Å². The van der Waals surface area contributed by atoms with E-state index in [1.54, 1.807) is 18.6 Å². The predicted octanol–water partition coefficient (Wildman–Crippen LogP) is 3.47. The Morgan fingerprint density at radius 1 is 0.929 bits per heavy atom. The van der Waals surface area contributed by atoms with Crippen molar-refractivity contribution >= 4 is 23.0 Å². The number of aromatic nitrogens is 2. The van der Waals surface area contributed by atoms with Crippen LogP contribution in [-0.2, 0) is 6.42 Å². The summed E-state index contributed by atoms with van der Waals surface area (Å²) < 4.78 is 0. The molecule has 0 saturated carbocycles. The predicted molar refractivity (Wildman–Crippen MR) is 114 cm³/mol. The third-order valence-corrected chi connectivity index (χ3v) is 4.54. The smallest absolute Gasteiger partial charge is 0.274 e. The number of benzene rings is 1. The topological polar surface area (TPSA) is 61.4 Å². The zero-order valence-electron chi connectivity index (χ0n) is 16.5. The zero-order chi connectivity index (χ0) is 19.9. The fraction of sp³-hybridized carbons (Fsp3) is 0.227. The number of carbonyl (C=O) groups excluding carboxylic acids is 1. The molecule has 0 aliphatic carbocycles. The second kappa shape index (κ2) is 8.99. The van der Waals surface area contributed by atoms with Crippen molar-refractivity contribution in [3.63, 3.8) is 0 Å². The van der Waals surface area contributed by atoms with E-state index >= 15 is 0 Å². The molecule has 0 atom stereocenters. The van der Waals surface area contributed by atoms with Crippen molar-refractivity contribution in [2.24, 2.45) is 0 Å². The molecule has 3 rings (SSSR count). The average molecular weight is 375 g/mol. The van der Waals surface area contributed by atoms with E-state index in [0.717, 1.165) is 30.0 Å². The van der Waals surface area contributed by atoms with Gasteiger partial charge in [-0.2, -0.15) is 0 Å². The van der Waals surface area contributed by atoms with Crippen molar-refractivity contribution in [2.45, 2.75) is 6.42 Å². The first-order valence-electron chi connectivity index (χ1n) is 9.18. The van der Waals surface area contributed by atoms with Crippen LogP contribution in [0.25, 0.3) is 0 Å². The highest BCUT2D eigenvalue weighted by Crippen LogP contribution is 2.18. The first-order valence-corrected chi connectivity index (χ1v) is 9.18. The summed E-state index contributed by atoms with van der Waals surface area (Å²) in [6.07, 6.45) is 6.17. The molecule has 0 unspecified atom stereocenters. The summed E-state index contributed by atoms with van der Waals surface area (Å²) in [4.78, 5) is 25.0. The highest BCUT2D eigenvalue weighted by molar-refractivity contribution is 6.03. The molecule has 0 fully saturated rings. The Kier molecular flexibility index (Phi) is 6.22. The molecule has 1 amide bonds. The number of hydrogen-bond donors (Lipinski definition) is 1. The number of pyridine rings is 2. The number of carbonyl (C=O) groups is 1. The van der Waals surface area contributed by atoms with Crippen molar-refractivity contribution in [1.29, 1.82) is 0 Å². The Bertz CT molecular complexity index is 910. The van der Waals surface area contributed by atoms with Crippen molar-refractivity contribution < 1.29 is 4.79 Å². The lowest BCUT2D eigenvalue weighted by Gasteiger charge is -2.19. The monoisotopic (exact) mass is 375 g/mol. The Labute approximate surface area is 165 Å². The maximum absolute atomic E-state index is 12.6. The second-order valence-electron chi connectivity index (χ2n) is 6.82. The minimum atomic E-state index is -0.220. The van der Waals surface area contributed by atoms with Crippen LogP contribution in [0.3, 0.4) is 0 Å². The number of amides is 1. The summed E-state index contributed by atoms with van der Waals surface area (Å²) in [5.74, 6) is -0.220. The van der Waals surface area contributed by atoms with Gasteiger partial charge >= 0.3 is 0 Å². The van der Waals surface area contributed by atoms with Crippen LogP contribution < -0.4 is 15.1 Å². The number of nitrogens with zero attached hydrogens (tertiary/aromatic N) is 4. The second-order valence-corrected chi connectivity index (χ2v) is 6.82. The Morgan fingerprint density at radius 3 is 2.32 bits per heavy atom. The normalized spacial score (nSPS) is 10.4. The van der Waals surface area contributed by atoms with E-state index in [1.165, 1.54) is 5.56 Å². The van der Waals surface area contributed by atoms with Crippen molar-refractivity contribution in [1.82, 2.24) is 9.97 Å². The lowest BCUT2D eigenvalue weighted by atomic mass is 10.2. The Balaban J connectivity index is 1.63. The summed E-state index contributed by atoms with van der Waals surface area (Å²) in [6, 6.07) is 15.5. The molecule has 1 aromatic carbocycles. The molecule has 6 heteroatoms. The molecule has 0 bridgehead atoms. The van der Waals surface area contributed by atoms with Gasteiger partial charge in [-0.1, -0.05) is 0 Å². The van der Waals surface area contributed by atoms with Crippen LogP contribution in [0.4, 0.5) is 17.1 Å². The Morgan fingerprint density at radius 2 is 1.64 bits per heavy atom. The minimum Gasteiger partial charge on any atom is -0.378 e. The number of likely N-dealkylation sites (N-methyl/N-ethyl adjacent to an activating group) is 1. The SMILES string of the molecule is CN(C)c1ccc(NC(=O)c2cc(N(C)CCc3ccncc3)ccn2)cc1. The molecule has 144 valence electrons. The zero-order valence-corrected chi connectivity index (χ0v) is 16.5. The van der Waals surface area contributed by atoms with E-state index in [0.29, 0.717) is 5.69 Å². The van der Waals surface area contributed by atoms with Crippen molar-refractivity contribution in [3.05, 3.63) is 78.4 Å². The molecule has 2 aromatic heterocycles. The summed E-state index contributed by atoms with van der Waals surface area (Å²) in [7, 11) is 5.97. The van der Waals surface area contributed by atoms with Crippen LogP contribution in [0.15, 0.2) is 67.1 Å². The molecule has 0 aliphatic heterocycles. The van der Waals surface area contributed by atoms with Gasteiger partial charge < -0.3 is 15.1 Å². The van der Waals surface area contributed by atoms with Crippen LogP contribution in [0.1, 0.15) is 16.1 Å². The van der Waals surface area contributed by atoms with E-state index < -0.39 is 0 Å². The number of hydrogen-bond acceptors (Lipinski definition) is 5. The van der Waals surface area contributed by atoms with Gasteiger partial charge in [0.1, 0.15) is 5.69 Å². The van der Waals surface area contributed by atoms with Gasteiger partial charge in [0.05, 0.1) is 0 Å². The van der Waals surface area contributed by atoms with Crippen LogP contribution in [0.5, 0.6) is 0 Å². The molecular weight excluding hydrogens is 350 g/mol. The van der Waals surface area contributed by atoms with Crippen LogP contribution in [0.2, 0.25) is 0 Å². The quantitative estimate of drug-likeness (QED) is 0.685. The van der Waals surface area contributed by atoms with Gasteiger partial charge in [-0.25, -0.2) is 0 Å². The first kappa shape index (κ1) is 19.4.